The number of amides is 1. The van der Waals surface area contributed by atoms with Crippen LogP contribution in [0.3, 0.4) is 0 Å². The first kappa shape index (κ1) is 17.4. The number of benzene rings is 1. The van der Waals surface area contributed by atoms with Crippen molar-refractivity contribution in [2.45, 2.75) is 38.8 Å². The number of carbonyl (C=O) groups excluding carboxylic acids is 1. The number of nitrogens with zero attached hydrogens (tertiary/aromatic N) is 4. The second-order valence-corrected chi connectivity index (χ2v) is 6.02. The molecule has 0 radical (unpaired) electrons. The number of carbonyl (C=O) groups is 1. The van der Waals surface area contributed by atoms with E-state index in [4.69, 9.17) is 5.73 Å². The lowest BCUT2D eigenvalue weighted by Crippen LogP contribution is -2.39. The Hall–Kier alpha value is -1.99. The predicted molar refractivity (Wildman–Crippen MR) is 90.2 cm³/mol. The molecule has 1 aliphatic carbocycles. The SMILES string of the molecule is CC(C)[C@@H](N)C(=O)Nc1cccc(-c2nnnn2C2CC2)c1.Cl. The summed E-state index contributed by atoms with van der Waals surface area (Å²) in [6.45, 7) is 3.84. The van der Waals surface area contributed by atoms with E-state index in [1.54, 1.807) is 0 Å². The van der Waals surface area contributed by atoms with Crippen molar-refractivity contribution in [1.82, 2.24) is 20.2 Å². The lowest BCUT2D eigenvalue weighted by molar-refractivity contribution is -0.118. The standard InChI is InChI=1S/C15H20N6O.ClH/c1-9(2)13(16)15(22)17-11-5-3-4-10(8-11)14-18-19-20-21(14)12-6-7-12;/h3-5,8-9,12-13H,6-7,16H2,1-2H3,(H,17,22);1H/t13-;/m1./s1. The van der Waals surface area contributed by atoms with Gasteiger partial charge in [0.15, 0.2) is 5.82 Å². The van der Waals surface area contributed by atoms with Gasteiger partial charge >= 0.3 is 0 Å². The largest absolute Gasteiger partial charge is 0.325 e. The Morgan fingerprint density at radius 3 is 2.78 bits per heavy atom. The van der Waals surface area contributed by atoms with Crippen LogP contribution in [-0.2, 0) is 4.79 Å². The highest BCUT2D eigenvalue weighted by atomic mass is 35.5. The normalized spacial score (nSPS) is 15.1. The number of nitrogens with one attached hydrogen (secondary N) is 1. The molecule has 1 heterocycles. The van der Waals surface area contributed by atoms with Crippen molar-refractivity contribution in [3.8, 4) is 11.4 Å². The Kier molecular flexibility index (Phi) is 5.33. The molecule has 23 heavy (non-hydrogen) atoms. The van der Waals surface area contributed by atoms with Crippen LogP contribution in [0.4, 0.5) is 5.69 Å². The number of nitrogens with two attached hydrogens (primary N) is 1. The van der Waals surface area contributed by atoms with Crippen molar-refractivity contribution in [3.05, 3.63) is 24.3 Å². The van der Waals surface area contributed by atoms with Gasteiger partial charge in [-0.15, -0.1) is 17.5 Å². The highest BCUT2D eigenvalue weighted by molar-refractivity contribution is 5.95. The summed E-state index contributed by atoms with van der Waals surface area (Å²) in [5, 5.41) is 14.7. The van der Waals surface area contributed by atoms with Crippen molar-refractivity contribution in [2.75, 3.05) is 5.32 Å². The van der Waals surface area contributed by atoms with Crippen LogP contribution in [0.2, 0.25) is 0 Å². The van der Waals surface area contributed by atoms with Crippen molar-refractivity contribution in [2.24, 2.45) is 11.7 Å². The van der Waals surface area contributed by atoms with Crippen LogP contribution in [-0.4, -0.2) is 32.2 Å². The van der Waals surface area contributed by atoms with Gasteiger partial charge in [0.25, 0.3) is 0 Å². The third-order valence-electron chi connectivity index (χ3n) is 3.79. The number of hydrogen-bond acceptors (Lipinski definition) is 5. The van der Waals surface area contributed by atoms with E-state index >= 15 is 0 Å². The molecule has 2 aromatic rings. The summed E-state index contributed by atoms with van der Waals surface area (Å²) in [4.78, 5) is 12.1. The van der Waals surface area contributed by atoms with Crippen molar-refractivity contribution in [1.29, 1.82) is 0 Å². The third-order valence-corrected chi connectivity index (χ3v) is 3.79. The molecule has 1 aromatic heterocycles. The Balaban J connectivity index is 0.00000192. The summed E-state index contributed by atoms with van der Waals surface area (Å²) < 4.78 is 1.85. The molecule has 0 spiro atoms. The maximum absolute atomic E-state index is 12.1. The molecular weight excluding hydrogens is 316 g/mol. The zero-order valence-corrected chi connectivity index (χ0v) is 14.0. The van der Waals surface area contributed by atoms with Gasteiger partial charge in [0.2, 0.25) is 5.91 Å². The minimum Gasteiger partial charge on any atom is -0.325 e. The number of anilines is 1. The van der Waals surface area contributed by atoms with Gasteiger partial charge in [0.1, 0.15) is 0 Å². The number of tetrazole rings is 1. The second kappa shape index (κ2) is 7.06. The Morgan fingerprint density at radius 1 is 1.39 bits per heavy atom. The molecule has 7 nitrogen and oxygen atoms in total. The van der Waals surface area contributed by atoms with Crippen LogP contribution in [0, 0.1) is 5.92 Å². The molecule has 8 heteroatoms. The van der Waals surface area contributed by atoms with E-state index in [1.165, 1.54) is 0 Å². The zero-order chi connectivity index (χ0) is 15.7. The van der Waals surface area contributed by atoms with Gasteiger partial charge in [0, 0.05) is 11.3 Å². The van der Waals surface area contributed by atoms with Crippen LogP contribution >= 0.6 is 12.4 Å². The highest BCUT2D eigenvalue weighted by Crippen LogP contribution is 2.36. The monoisotopic (exact) mass is 336 g/mol. The molecule has 124 valence electrons. The third kappa shape index (κ3) is 3.86. The minimum atomic E-state index is -0.527. The van der Waals surface area contributed by atoms with Crippen molar-refractivity contribution >= 4 is 24.0 Å². The van der Waals surface area contributed by atoms with Gasteiger partial charge in [0.05, 0.1) is 12.1 Å². The van der Waals surface area contributed by atoms with Crippen LogP contribution in [0.15, 0.2) is 24.3 Å². The number of rotatable bonds is 5. The van der Waals surface area contributed by atoms with E-state index in [2.05, 4.69) is 20.8 Å². The van der Waals surface area contributed by atoms with Crippen molar-refractivity contribution < 1.29 is 4.79 Å². The van der Waals surface area contributed by atoms with Gasteiger partial charge in [-0.05, 0) is 41.3 Å². The molecule has 1 atom stereocenters. The smallest absolute Gasteiger partial charge is 0.241 e. The lowest BCUT2D eigenvalue weighted by atomic mass is 10.0. The lowest BCUT2D eigenvalue weighted by Gasteiger charge is -2.15. The molecule has 1 saturated carbocycles. The minimum absolute atomic E-state index is 0. The molecule has 3 N–H and O–H groups in total. The fourth-order valence-corrected chi connectivity index (χ4v) is 2.21. The summed E-state index contributed by atoms with van der Waals surface area (Å²) in [6, 6.07) is 7.38. The maximum atomic E-state index is 12.1. The van der Waals surface area contributed by atoms with Crippen LogP contribution < -0.4 is 11.1 Å². The van der Waals surface area contributed by atoms with E-state index in [1.807, 2.05) is 42.8 Å². The first-order valence-corrected chi connectivity index (χ1v) is 7.51. The number of hydrogen-bond donors (Lipinski definition) is 2. The van der Waals surface area contributed by atoms with E-state index < -0.39 is 6.04 Å². The summed E-state index contributed by atoms with van der Waals surface area (Å²) in [5.74, 6) is 0.631. The second-order valence-electron chi connectivity index (χ2n) is 6.02. The Labute approximate surface area is 141 Å². The summed E-state index contributed by atoms with van der Waals surface area (Å²) >= 11 is 0. The van der Waals surface area contributed by atoms with E-state index in [-0.39, 0.29) is 24.2 Å². The molecule has 1 aliphatic rings. The zero-order valence-electron chi connectivity index (χ0n) is 13.1. The van der Waals surface area contributed by atoms with Gasteiger partial charge in [-0.25, -0.2) is 4.68 Å². The summed E-state index contributed by atoms with van der Waals surface area (Å²) in [6.07, 6.45) is 2.22. The van der Waals surface area contributed by atoms with Crippen LogP contribution in [0.1, 0.15) is 32.7 Å². The topological polar surface area (TPSA) is 98.7 Å². The van der Waals surface area contributed by atoms with Gasteiger partial charge in [-0.2, -0.15) is 0 Å². The fraction of sp³-hybridized carbons (Fsp3) is 0.467. The molecular formula is C15H21ClN6O. The Morgan fingerprint density at radius 2 is 2.13 bits per heavy atom. The fourth-order valence-electron chi connectivity index (χ4n) is 2.21. The van der Waals surface area contributed by atoms with Gasteiger partial charge < -0.3 is 11.1 Å². The predicted octanol–water partition coefficient (Wildman–Crippen LogP) is 2.02. The molecule has 1 aromatic carbocycles. The molecule has 0 aliphatic heterocycles. The maximum Gasteiger partial charge on any atom is 0.241 e. The first-order valence-electron chi connectivity index (χ1n) is 7.51. The number of aromatic nitrogens is 4. The average Bonchev–Trinajstić information content (AvgIpc) is 3.23. The summed E-state index contributed by atoms with van der Waals surface area (Å²) in [5.41, 5.74) is 7.44. The highest BCUT2D eigenvalue weighted by Gasteiger charge is 2.28. The summed E-state index contributed by atoms with van der Waals surface area (Å²) in [7, 11) is 0. The average molecular weight is 337 g/mol. The Bertz CT molecular complexity index is 682. The van der Waals surface area contributed by atoms with E-state index in [9.17, 15) is 4.79 Å². The van der Waals surface area contributed by atoms with Crippen LogP contribution in [0.5, 0.6) is 0 Å². The van der Waals surface area contributed by atoms with E-state index in [0.717, 1.165) is 24.2 Å². The van der Waals surface area contributed by atoms with Crippen LogP contribution in [0.25, 0.3) is 11.4 Å². The molecule has 3 rings (SSSR count). The van der Waals surface area contributed by atoms with Gasteiger partial charge in [-0.1, -0.05) is 26.0 Å². The molecule has 1 fully saturated rings. The molecule has 0 bridgehead atoms. The van der Waals surface area contributed by atoms with E-state index in [0.29, 0.717) is 11.7 Å². The molecule has 0 unspecified atom stereocenters. The first-order chi connectivity index (χ1) is 10.6. The number of halogens is 1. The van der Waals surface area contributed by atoms with Gasteiger partial charge in [-0.3, -0.25) is 4.79 Å². The quantitative estimate of drug-likeness (QED) is 0.870. The molecule has 0 saturated heterocycles. The van der Waals surface area contributed by atoms with Crippen molar-refractivity contribution in [3.63, 3.8) is 0 Å². The molecule has 1 amide bonds.